The Kier molecular flexibility index (Phi) is 4.48. The average Bonchev–Trinajstić information content (AvgIpc) is 3.02. The standard InChI is InChI=1S/C17H32N2/c1-12(9-16-5-3-4-8-18-16)19-13(2)17-11-14-6-7-15(17)10-14/h12-19H,3-11H2,1-2H3. The second-order valence-corrected chi connectivity index (χ2v) is 7.58. The molecule has 6 unspecified atom stereocenters. The minimum atomic E-state index is 0.671. The molecule has 2 N–H and O–H groups in total. The van der Waals surface area contributed by atoms with E-state index in [4.69, 9.17) is 0 Å². The van der Waals surface area contributed by atoms with E-state index in [1.54, 1.807) is 0 Å². The van der Waals surface area contributed by atoms with E-state index in [1.807, 2.05) is 0 Å². The number of fused-ring (bicyclic) bond motifs is 2. The first-order valence-corrected chi connectivity index (χ1v) is 8.72. The van der Waals surface area contributed by atoms with Crippen LogP contribution < -0.4 is 10.6 Å². The normalized spacial score (nSPS) is 41.4. The van der Waals surface area contributed by atoms with Crippen molar-refractivity contribution in [2.75, 3.05) is 6.54 Å². The summed E-state index contributed by atoms with van der Waals surface area (Å²) < 4.78 is 0. The highest BCUT2D eigenvalue weighted by atomic mass is 15.0. The van der Waals surface area contributed by atoms with Gasteiger partial charge in [-0.25, -0.2) is 0 Å². The van der Waals surface area contributed by atoms with Crippen molar-refractivity contribution in [3.05, 3.63) is 0 Å². The Morgan fingerprint density at radius 2 is 2.00 bits per heavy atom. The van der Waals surface area contributed by atoms with Crippen LogP contribution in [0.4, 0.5) is 0 Å². The van der Waals surface area contributed by atoms with Gasteiger partial charge in [0, 0.05) is 18.1 Å². The molecule has 3 rings (SSSR count). The summed E-state index contributed by atoms with van der Waals surface area (Å²) >= 11 is 0. The number of piperidine rings is 1. The molecule has 0 aromatic heterocycles. The second-order valence-electron chi connectivity index (χ2n) is 7.58. The highest BCUT2D eigenvalue weighted by molar-refractivity contribution is 4.94. The van der Waals surface area contributed by atoms with Gasteiger partial charge in [-0.05, 0) is 76.7 Å². The first-order chi connectivity index (χ1) is 9.22. The van der Waals surface area contributed by atoms with Crippen LogP contribution in [0.3, 0.4) is 0 Å². The van der Waals surface area contributed by atoms with Crippen LogP contribution >= 0.6 is 0 Å². The summed E-state index contributed by atoms with van der Waals surface area (Å²) in [4.78, 5) is 0. The van der Waals surface area contributed by atoms with Gasteiger partial charge in [-0.1, -0.05) is 12.8 Å². The van der Waals surface area contributed by atoms with E-state index in [9.17, 15) is 0 Å². The third kappa shape index (κ3) is 3.33. The molecule has 2 aliphatic carbocycles. The molecule has 1 saturated heterocycles. The van der Waals surface area contributed by atoms with Crippen LogP contribution in [-0.4, -0.2) is 24.7 Å². The Morgan fingerprint density at radius 3 is 2.63 bits per heavy atom. The van der Waals surface area contributed by atoms with Gasteiger partial charge in [0.25, 0.3) is 0 Å². The Hall–Kier alpha value is -0.0800. The molecule has 110 valence electrons. The van der Waals surface area contributed by atoms with E-state index in [0.29, 0.717) is 6.04 Å². The Morgan fingerprint density at radius 1 is 1.11 bits per heavy atom. The van der Waals surface area contributed by atoms with Crippen LogP contribution in [0.1, 0.15) is 65.2 Å². The number of nitrogens with one attached hydrogen (secondary N) is 2. The van der Waals surface area contributed by atoms with Crippen molar-refractivity contribution in [3.63, 3.8) is 0 Å². The van der Waals surface area contributed by atoms with Crippen molar-refractivity contribution in [3.8, 4) is 0 Å². The fraction of sp³-hybridized carbons (Fsp3) is 1.00. The fourth-order valence-corrected chi connectivity index (χ4v) is 5.10. The van der Waals surface area contributed by atoms with Crippen LogP contribution in [0, 0.1) is 17.8 Å². The molecule has 1 aliphatic heterocycles. The third-order valence-corrected chi connectivity index (χ3v) is 6.03. The molecule has 0 amide bonds. The molecule has 2 saturated carbocycles. The van der Waals surface area contributed by atoms with Gasteiger partial charge in [0.05, 0.1) is 0 Å². The van der Waals surface area contributed by atoms with Gasteiger partial charge in [0.2, 0.25) is 0 Å². The summed E-state index contributed by atoms with van der Waals surface area (Å²) in [6.45, 7) is 6.06. The van der Waals surface area contributed by atoms with Gasteiger partial charge in [0.1, 0.15) is 0 Å². The molecule has 0 radical (unpaired) electrons. The van der Waals surface area contributed by atoms with E-state index in [-0.39, 0.29) is 0 Å². The van der Waals surface area contributed by atoms with Gasteiger partial charge in [-0.15, -0.1) is 0 Å². The molecule has 0 spiro atoms. The van der Waals surface area contributed by atoms with Crippen molar-refractivity contribution >= 4 is 0 Å². The number of rotatable bonds is 5. The van der Waals surface area contributed by atoms with Crippen molar-refractivity contribution in [2.45, 2.75) is 83.3 Å². The maximum atomic E-state index is 3.91. The largest absolute Gasteiger partial charge is 0.314 e. The van der Waals surface area contributed by atoms with Crippen molar-refractivity contribution in [1.82, 2.24) is 10.6 Å². The topological polar surface area (TPSA) is 24.1 Å². The lowest BCUT2D eigenvalue weighted by Crippen LogP contribution is -2.45. The molecule has 0 aromatic rings. The lowest BCUT2D eigenvalue weighted by molar-refractivity contribution is 0.236. The maximum absolute atomic E-state index is 3.91. The smallest absolute Gasteiger partial charge is 0.00817 e. The summed E-state index contributed by atoms with van der Waals surface area (Å²) in [6, 6.07) is 2.17. The van der Waals surface area contributed by atoms with E-state index in [2.05, 4.69) is 24.5 Å². The SMILES string of the molecule is CC(CC1CCCCN1)NC(C)C1CC2CCC1C2. The molecule has 3 fully saturated rings. The lowest BCUT2D eigenvalue weighted by atomic mass is 9.83. The zero-order valence-corrected chi connectivity index (χ0v) is 12.8. The average molecular weight is 264 g/mol. The van der Waals surface area contributed by atoms with E-state index in [0.717, 1.165) is 29.8 Å². The molecule has 19 heavy (non-hydrogen) atoms. The van der Waals surface area contributed by atoms with Crippen LogP contribution in [-0.2, 0) is 0 Å². The molecule has 0 aromatic carbocycles. The number of hydrogen-bond acceptors (Lipinski definition) is 2. The summed E-state index contributed by atoms with van der Waals surface area (Å²) in [7, 11) is 0. The fourth-order valence-electron chi connectivity index (χ4n) is 5.10. The van der Waals surface area contributed by atoms with Gasteiger partial charge in [0.15, 0.2) is 0 Å². The van der Waals surface area contributed by atoms with Gasteiger partial charge < -0.3 is 10.6 Å². The van der Waals surface area contributed by atoms with Crippen LogP contribution in [0.5, 0.6) is 0 Å². The zero-order chi connectivity index (χ0) is 13.2. The quantitative estimate of drug-likeness (QED) is 0.796. The summed E-state index contributed by atoms with van der Waals surface area (Å²) in [5.41, 5.74) is 0. The molecule has 2 nitrogen and oxygen atoms in total. The summed E-state index contributed by atoms with van der Waals surface area (Å²) in [5, 5.41) is 7.59. The van der Waals surface area contributed by atoms with E-state index >= 15 is 0 Å². The Bertz CT molecular complexity index is 285. The van der Waals surface area contributed by atoms with Gasteiger partial charge in [-0.3, -0.25) is 0 Å². The predicted molar refractivity (Wildman–Crippen MR) is 81.3 cm³/mol. The molecule has 6 atom stereocenters. The molecule has 2 bridgehead atoms. The van der Waals surface area contributed by atoms with Crippen molar-refractivity contribution < 1.29 is 0 Å². The molecule has 3 aliphatic rings. The molecular formula is C17H32N2. The van der Waals surface area contributed by atoms with Crippen LogP contribution in [0.2, 0.25) is 0 Å². The monoisotopic (exact) mass is 264 g/mol. The molecular weight excluding hydrogens is 232 g/mol. The second kappa shape index (κ2) is 6.13. The minimum absolute atomic E-state index is 0.671. The van der Waals surface area contributed by atoms with Crippen LogP contribution in [0.25, 0.3) is 0 Å². The highest BCUT2D eigenvalue weighted by Gasteiger charge is 2.41. The summed E-state index contributed by atoms with van der Waals surface area (Å²) in [5.74, 6) is 3.10. The van der Waals surface area contributed by atoms with Crippen LogP contribution in [0.15, 0.2) is 0 Å². The Balaban J connectivity index is 1.42. The van der Waals surface area contributed by atoms with Gasteiger partial charge >= 0.3 is 0 Å². The van der Waals surface area contributed by atoms with E-state index < -0.39 is 0 Å². The first-order valence-electron chi connectivity index (χ1n) is 8.72. The third-order valence-electron chi connectivity index (χ3n) is 6.03. The Labute approximate surface area is 119 Å². The maximum Gasteiger partial charge on any atom is 0.00817 e. The first kappa shape index (κ1) is 13.9. The van der Waals surface area contributed by atoms with E-state index in [1.165, 1.54) is 57.9 Å². The minimum Gasteiger partial charge on any atom is -0.314 e. The predicted octanol–water partition coefficient (Wildman–Crippen LogP) is 3.32. The van der Waals surface area contributed by atoms with Crippen molar-refractivity contribution in [2.24, 2.45) is 17.8 Å². The van der Waals surface area contributed by atoms with Gasteiger partial charge in [-0.2, -0.15) is 0 Å². The molecule has 1 heterocycles. The summed E-state index contributed by atoms with van der Waals surface area (Å²) in [6.07, 6.45) is 11.6. The molecule has 2 heteroatoms. The number of hydrogen-bond donors (Lipinski definition) is 2. The highest BCUT2D eigenvalue weighted by Crippen LogP contribution is 2.49. The lowest BCUT2D eigenvalue weighted by Gasteiger charge is -2.33. The zero-order valence-electron chi connectivity index (χ0n) is 12.8. The van der Waals surface area contributed by atoms with Crippen molar-refractivity contribution in [1.29, 1.82) is 0 Å².